The minimum absolute atomic E-state index is 0.373. The van der Waals surface area contributed by atoms with Gasteiger partial charge in [0.1, 0.15) is 0 Å². The minimum Gasteiger partial charge on any atom is -0.338 e. The largest absolute Gasteiger partial charge is 0.338 e. The highest BCUT2D eigenvalue weighted by molar-refractivity contribution is 7.91. The summed E-state index contributed by atoms with van der Waals surface area (Å²) in [4.78, 5) is 17.9. The van der Waals surface area contributed by atoms with Gasteiger partial charge in [-0.05, 0) is 17.7 Å². The quantitative estimate of drug-likeness (QED) is 0.739. The van der Waals surface area contributed by atoms with Gasteiger partial charge in [0.2, 0.25) is 5.95 Å². The molecule has 0 aliphatic carbocycles. The smallest absolute Gasteiger partial charge is 0.225 e. The van der Waals surface area contributed by atoms with E-state index >= 15 is 0 Å². The van der Waals surface area contributed by atoms with Gasteiger partial charge in [-0.15, -0.1) is 11.3 Å². The molecule has 26 heavy (non-hydrogen) atoms. The second-order valence-corrected chi connectivity index (χ2v) is 9.53. The highest BCUT2D eigenvalue weighted by Gasteiger charge is 2.19. The van der Waals surface area contributed by atoms with E-state index in [2.05, 4.69) is 43.0 Å². The van der Waals surface area contributed by atoms with Gasteiger partial charge in [-0.25, -0.2) is 23.9 Å². The summed E-state index contributed by atoms with van der Waals surface area (Å²) in [6, 6.07) is 6.49. The van der Waals surface area contributed by atoms with E-state index in [0.717, 1.165) is 38.2 Å². The third-order valence-electron chi connectivity index (χ3n) is 4.52. The summed E-state index contributed by atoms with van der Waals surface area (Å²) in [5, 5.41) is 0. The molecule has 0 radical (unpaired) electrons. The molecule has 1 aliphatic rings. The van der Waals surface area contributed by atoms with Crippen molar-refractivity contribution in [1.29, 1.82) is 4.78 Å². The van der Waals surface area contributed by atoms with E-state index in [-0.39, 0.29) is 0 Å². The zero-order chi connectivity index (χ0) is 18.1. The van der Waals surface area contributed by atoms with Crippen LogP contribution in [0.25, 0.3) is 10.2 Å². The van der Waals surface area contributed by atoms with E-state index < -0.39 is 9.73 Å². The summed E-state index contributed by atoms with van der Waals surface area (Å²) in [5.41, 5.74) is 4.24. The molecule has 4 rings (SSSR count). The molecule has 0 saturated carbocycles. The monoisotopic (exact) mass is 388 g/mol. The van der Waals surface area contributed by atoms with E-state index in [0.29, 0.717) is 10.8 Å². The maximum Gasteiger partial charge on any atom is 0.225 e. The van der Waals surface area contributed by atoms with Crippen molar-refractivity contribution < 1.29 is 4.21 Å². The van der Waals surface area contributed by atoms with Gasteiger partial charge in [0, 0.05) is 51.4 Å². The Hall–Kier alpha value is -2.10. The maximum atomic E-state index is 11.7. The molecular formula is C17H20N6OS2. The maximum absolute atomic E-state index is 11.7. The average molecular weight is 389 g/mol. The van der Waals surface area contributed by atoms with Crippen molar-refractivity contribution in [3.05, 3.63) is 41.7 Å². The summed E-state index contributed by atoms with van der Waals surface area (Å²) in [6.45, 7) is 4.48. The fourth-order valence-corrected chi connectivity index (χ4v) is 4.21. The van der Waals surface area contributed by atoms with Crippen molar-refractivity contribution in [2.45, 2.75) is 11.4 Å². The van der Waals surface area contributed by atoms with E-state index in [4.69, 9.17) is 4.78 Å². The molecule has 1 aliphatic heterocycles. The molecule has 1 saturated heterocycles. The Kier molecular flexibility index (Phi) is 4.60. The first-order valence-electron chi connectivity index (χ1n) is 8.34. The molecule has 1 N–H and O–H groups in total. The molecule has 136 valence electrons. The predicted molar refractivity (Wildman–Crippen MR) is 104 cm³/mol. The number of fused-ring (bicyclic) bond motifs is 1. The molecule has 3 aromatic rings. The summed E-state index contributed by atoms with van der Waals surface area (Å²) in [7, 11) is -2.76. The fraction of sp³-hybridized carbons (Fsp3) is 0.353. The lowest BCUT2D eigenvalue weighted by atomic mass is 10.2. The van der Waals surface area contributed by atoms with Gasteiger partial charge < -0.3 is 4.90 Å². The summed E-state index contributed by atoms with van der Waals surface area (Å²) in [5.74, 6) is 0.640. The number of thiazole rings is 1. The van der Waals surface area contributed by atoms with Crippen LogP contribution in [-0.2, 0) is 16.3 Å². The van der Waals surface area contributed by atoms with Crippen LogP contribution in [0.2, 0.25) is 0 Å². The first-order valence-corrected chi connectivity index (χ1v) is 11.2. The molecule has 0 bridgehead atoms. The summed E-state index contributed by atoms with van der Waals surface area (Å²) < 4.78 is 20.5. The topological polar surface area (TPSA) is 86.1 Å². The van der Waals surface area contributed by atoms with Crippen LogP contribution in [0.4, 0.5) is 5.95 Å². The number of hydrogen-bond acceptors (Lipinski definition) is 8. The minimum atomic E-state index is -2.76. The Morgan fingerprint density at radius 3 is 2.58 bits per heavy atom. The molecule has 0 spiro atoms. The molecule has 1 fully saturated rings. The normalized spacial score (nSPS) is 18.1. The van der Waals surface area contributed by atoms with Gasteiger partial charge in [-0.3, -0.25) is 4.90 Å². The summed E-state index contributed by atoms with van der Waals surface area (Å²) >= 11 is 1.67. The van der Waals surface area contributed by atoms with Crippen LogP contribution in [0, 0.1) is 4.78 Å². The number of nitrogens with one attached hydrogen (secondary N) is 1. The molecule has 0 unspecified atom stereocenters. The average Bonchev–Trinajstić information content (AvgIpc) is 3.10. The second kappa shape index (κ2) is 6.90. The zero-order valence-corrected chi connectivity index (χ0v) is 16.1. The van der Waals surface area contributed by atoms with Crippen molar-refractivity contribution >= 4 is 37.2 Å². The Labute approximate surface area is 156 Å². The third-order valence-corrected chi connectivity index (χ3v) is 6.44. The first-order chi connectivity index (χ1) is 12.5. The number of hydrogen-bond donors (Lipinski definition) is 1. The van der Waals surface area contributed by atoms with E-state index in [1.165, 1.54) is 28.9 Å². The molecule has 2 aromatic heterocycles. The first kappa shape index (κ1) is 17.3. The highest BCUT2D eigenvalue weighted by atomic mass is 32.2. The van der Waals surface area contributed by atoms with Gasteiger partial charge in [0.25, 0.3) is 0 Å². The molecule has 9 heteroatoms. The van der Waals surface area contributed by atoms with Crippen LogP contribution in [0.3, 0.4) is 0 Å². The fourth-order valence-electron chi connectivity index (χ4n) is 3.04. The van der Waals surface area contributed by atoms with Crippen molar-refractivity contribution in [1.82, 2.24) is 19.9 Å². The SMILES string of the molecule is C[S@](=N)(=O)c1cnc(N2CCN(Cc3ccc4scnc4c3)CC2)nc1. The van der Waals surface area contributed by atoms with Gasteiger partial charge in [0.15, 0.2) is 0 Å². The van der Waals surface area contributed by atoms with Crippen LogP contribution >= 0.6 is 11.3 Å². The molecule has 7 nitrogen and oxygen atoms in total. The molecule has 3 heterocycles. The number of aromatic nitrogens is 3. The molecular weight excluding hydrogens is 368 g/mol. The van der Waals surface area contributed by atoms with Gasteiger partial charge in [0.05, 0.1) is 30.4 Å². The van der Waals surface area contributed by atoms with Crippen LogP contribution in [-0.4, -0.2) is 56.5 Å². The summed E-state index contributed by atoms with van der Waals surface area (Å²) in [6.07, 6.45) is 4.40. The lowest BCUT2D eigenvalue weighted by Crippen LogP contribution is -2.46. The Morgan fingerprint density at radius 1 is 1.15 bits per heavy atom. The standard InChI is InChI=1S/C17H20N6OS2/c1-26(18,24)14-9-19-17(20-10-14)23-6-4-22(5-7-23)11-13-2-3-16-15(8-13)21-12-25-16/h2-3,8-10,12,18H,4-7,11H2,1H3/t26-/m0/s1. The Bertz CT molecular complexity index is 1010. The van der Waals surface area contributed by atoms with E-state index in [9.17, 15) is 4.21 Å². The Balaban J connectivity index is 1.37. The van der Waals surface area contributed by atoms with Crippen LogP contribution < -0.4 is 4.90 Å². The number of rotatable bonds is 4. The number of anilines is 1. The van der Waals surface area contributed by atoms with Gasteiger partial charge >= 0.3 is 0 Å². The zero-order valence-electron chi connectivity index (χ0n) is 14.5. The van der Waals surface area contributed by atoms with Gasteiger partial charge in [-0.1, -0.05) is 6.07 Å². The van der Waals surface area contributed by atoms with E-state index in [1.54, 1.807) is 11.3 Å². The van der Waals surface area contributed by atoms with Crippen LogP contribution in [0.5, 0.6) is 0 Å². The number of piperazine rings is 1. The lowest BCUT2D eigenvalue weighted by Gasteiger charge is -2.34. The van der Waals surface area contributed by atoms with Crippen molar-refractivity contribution in [2.24, 2.45) is 0 Å². The molecule has 1 atom stereocenters. The van der Waals surface area contributed by atoms with Crippen molar-refractivity contribution in [3.8, 4) is 0 Å². The van der Waals surface area contributed by atoms with Crippen LogP contribution in [0.1, 0.15) is 5.56 Å². The van der Waals surface area contributed by atoms with Gasteiger partial charge in [-0.2, -0.15) is 0 Å². The second-order valence-electron chi connectivity index (χ2n) is 6.48. The Morgan fingerprint density at radius 2 is 1.88 bits per heavy atom. The molecule has 1 aromatic carbocycles. The van der Waals surface area contributed by atoms with Crippen molar-refractivity contribution in [2.75, 3.05) is 37.3 Å². The third kappa shape index (κ3) is 3.69. The highest BCUT2D eigenvalue weighted by Crippen LogP contribution is 2.20. The number of benzene rings is 1. The molecule has 0 amide bonds. The predicted octanol–water partition coefficient (Wildman–Crippen LogP) is 2.44. The van der Waals surface area contributed by atoms with E-state index in [1.807, 2.05) is 5.51 Å². The van der Waals surface area contributed by atoms with Crippen LogP contribution in [0.15, 0.2) is 41.0 Å². The lowest BCUT2D eigenvalue weighted by molar-refractivity contribution is 0.249. The van der Waals surface area contributed by atoms with Crippen molar-refractivity contribution in [3.63, 3.8) is 0 Å². The number of nitrogens with zero attached hydrogens (tertiary/aromatic N) is 5.